The van der Waals surface area contributed by atoms with Gasteiger partial charge in [-0.15, -0.1) is 0 Å². The summed E-state index contributed by atoms with van der Waals surface area (Å²) in [4.78, 5) is 12.5. The summed E-state index contributed by atoms with van der Waals surface area (Å²) in [5, 5.41) is 0. The molecule has 0 aromatic rings. The van der Waals surface area contributed by atoms with Crippen molar-refractivity contribution in [2.45, 2.75) is 52.6 Å². The van der Waals surface area contributed by atoms with Crippen LogP contribution in [0.4, 0.5) is 0 Å². The molecule has 2 unspecified atom stereocenters. The highest BCUT2D eigenvalue weighted by Gasteiger charge is 2.14. The first-order valence-electron chi connectivity index (χ1n) is 4.40. The van der Waals surface area contributed by atoms with Crippen LogP contribution < -0.4 is 0 Å². The van der Waals surface area contributed by atoms with Gasteiger partial charge in [0.05, 0.1) is 0 Å². The molecule has 0 radical (unpaired) electrons. The average Bonchev–Trinajstić information content (AvgIpc) is 2.05. The SMILES string of the molecule is CCC(C)N(C=O)C(C)CC. The molecule has 0 aliphatic carbocycles. The largest absolute Gasteiger partial charge is 0.340 e. The van der Waals surface area contributed by atoms with E-state index in [0.717, 1.165) is 19.3 Å². The van der Waals surface area contributed by atoms with E-state index in [9.17, 15) is 4.79 Å². The summed E-state index contributed by atoms with van der Waals surface area (Å²) in [5.41, 5.74) is 0. The molecule has 0 saturated carbocycles. The van der Waals surface area contributed by atoms with Gasteiger partial charge in [0.25, 0.3) is 0 Å². The first-order valence-corrected chi connectivity index (χ1v) is 4.40. The maximum atomic E-state index is 10.6. The van der Waals surface area contributed by atoms with Crippen LogP contribution in [0.2, 0.25) is 0 Å². The predicted molar refractivity (Wildman–Crippen MR) is 47.4 cm³/mol. The van der Waals surface area contributed by atoms with Crippen LogP contribution in [0, 0.1) is 0 Å². The van der Waals surface area contributed by atoms with E-state index in [2.05, 4.69) is 27.7 Å². The fourth-order valence-corrected chi connectivity index (χ4v) is 1.06. The maximum Gasteiger partial charge on any atom is 0.210 e. The minimum atomic E-state index is 0.377. The molecule has 0 aliphatic heterocycles. The van der Waals surface area contributed by atoms with E-state index < -0.39 is 0 Å². The van der Waals surface area contributed by atoms with Gasteiger partial charge in [-0.25, -0.2) is 0 Å². The summed E-state index contributed by atoms with van der Waals surface area (Å²) in [6, 6.07) is 0.755. The van der Waals surface area contributed by atoms with Crippen LogP contribution in [0.3, 0.4) is 0 Å². The number of amides is 1. The van der Waals surface area contributed by atoms with Gasteiger partial charge in [0.1, 0.15) is 0 Å². The summed E-state index contributed by atoms with van der Waals surface area (Å²) in [7, 11) is 0. The molecule has 2 atom stereocenters. The second-order valence-electron chi connectivity index (χ2n) is 3.07. The molecule has 11 heavy (non-hydrogen) atoms. The van der Waals surface area contributed by atoms with E-state index in [4.69, 9.17) is 0 Å². The Morgan fingerprint density at radius 2 is 1.55 bits per heavy atom. The van der Waals surface area contributed by atoms with Crippen LogP contribution in [0.5, 0.6) is 0 Å². The number of carbonyl (C=O) groups is 1. The van der Waals surface area contributed by atoms with Crippen molar-refractivity contribution in [2.24, 2.45) is 0 Å². The van der Waals surface area contributed by atoms with E-state index in [1.165, 1.54) is 0 Å². The van der Waals surface area contributed by atoms with Crippen LogP contribution in [0.25, 0.3) is 0 Å². The van der Waals surface area contributed by atoms with E-state index in [0.29, 0.717) is 12.1 Å². The standard InChI is InChI=1S/C9H19NO/c1-5-8(3)10(7-11)9(4)6-2/h7-9H,5-6H2,1-4H3. The van der Waals surface area contributed by atoms with Crippen molar-refractivity contribution in [3.8, 4) is 0 Å². The van der Waals surface area contributed by atoms with E-state index in [-0.39, 0.29) is 0 Å². The Kier molecular flexibility index (Phi) is 4.92. The lowest BCUT2D eigenvalue weighted by Gasteiger charge is -2.29. The van der Waals surface area contributed by atoms with Crippen molar-refractivity contribution in [1.82, 2.24) is 4.90 Å². The van der Waals surface area contributed by atoms with Crippen LogP contribution in [0.1, 0.15) is 40.5 Å². The summed E-state index contributed by atoms with van der Waals surface area (Å²) in [5.74, 6) is 0. The van der Waals surface area contributed by atoms with Gasteiger partial charge >= 0.3 is 0 Å². The Labute approximate surface area is 69.6 Å². The Morgan fingerprint density at radius 1 is 1.18 bits per heavy atom. The van der Waals surface area contributed by atoms with Gasteiger partial charge in [0.15, 0.2) is 0 Å². The van der Waals surface area contributed by atoms with Crippen LogP contribution in [-0.2, 0) is 4.79 Å². The monoisotopic (exact) mass is 157 g/mol. The molecule has 0 saturated heterocycles. The third-order valence-electron chi connectivity index (χ3n) is 2.32. The maximum absolute atomic E-state index is 10.6. The molecular weight excluding hydrogens is 138 g/mol. The molecule has 0 bridgehead atoms. The number of hydrogen-bond acceptors (Lipinski definition) is 1. The normalized spacial score (nSPS) is 15.6. The van der Waals surface area contributed by atoms with Crippen molar-refractivity contribution < 1.29 is 4.79 Å². The molecule has 1 amide bonds. The number of nitrogens with zero attached hydrogens (tertiary/aromatic N) is 1. The molecule has 0 fully saturated rings. The smallest absolute Gasteiger partial charge is 0.210 e. The molecule has 2 nitrogen and oxygen atoms in total. The molecule has 66 valence electrons. The first kappa shape index (κ1) is 10.5. The van der Waals surface area contributed by atoms with Crippen molar-refractivity contribution in [3.05, 3.63) is 0 Å². The molecule has 0 heterocycles. The van der Waals surface area contributed by atoms with Crippen LogP contribution in [-0.4, -0.2) is 23.4 Å². The summed E-state index contributed by atoms with van der Waals surface area (Å²) < 4.78 is 0. The summed E-state index contributed by atoms with van der Waals surface area (Å²) in [6.07, 6.45) is 3.02. The lowest BCUT2D eigenvalue weighted by molar-refractivity contribution is -0.122. The number of hydrogen-bond donors (Lipinski definition) is 0. The van der Waals surface area contributed by atoms with E-state index >= 15 is 0 Å². The Hall–Kier alpha value is -0.530. The number of rotatable bonds is 5. The fraction of sp³-hybridized carbons (Fsp3) is 0.889. The molecule has 0 N–H and O–H groups in total. The average molecular weight is 157 g/mol. The third-order valence-corrected chi connectivity index (χ3v) is 2.32. The van der Waals surface area contributed by atoms with Crippen molar-refractivity contribution >= 4 is 6.41 Å². The molecule has 2 heteroatoms. The van der Waals surface area contributed by atoms with E-state index in [1.807, 2.05) is 4.90 Å². The molecule has 0 aromatic heterocycles. The highest BCUT2D eigenvalue weighted by Crippen LogP contribution is 2.08. The Bertz CT molecular complexity index is 104. The van der Waals surface area contributed by atoms with Crippen molar-refractivity contribution in [1.29, 1.82) is 0 Å². The van der Waals surface area contributed by atoms with Crippen molar-refractivity contribution in [3.63, 3.8) is 0 Å². The third kappa shape index (κ3) is 2.91. The fourth-order valence-electron chi connectivity index (χ4n) is 1.06. The van der Waals surface area contributed by atoms with Crippen LogP contribution >= 0.6 is 0 Å². The number of carbonyl (C=O) groups excluding carboxylic acids is 1. The second-order valence-corrected chi connectivity index (χ2v) is 3.07. The lowest BCUT2D eigenvalue weighted by atomic mass is 10.1. The summed E-state index contributed by atoms with van der Waals surface area (Å²) >= 11 is 0. The quantitative estimate of drug-likeness (QED) is 0.559. The van der Waals surface area contributed by atoms with Gasteiger partial charge in [-0.3, -0.25) is 4.79 Å². The predicted octanol–water partition coefficient (Wildman–Crippen LogP) is 2.04. The minimum Gasteiger partial charge on any atom is -0.340 e. The molecule has 0 aromatic carbocycles. The zero-order chi connectivity index (χ0) is 8.85. The van der Waals surface area contributed by atoms with Crippen molar-refractivity contribution in [2.75, 3.05) is 0 Å². The molecular formula is C9H19NO. The van der Waals surface area contributed by atoms with E-state index in [1.54, 1.807) is 0 Å². The summed E-state index contributed by atoms with van der Waals surface area (Å²) in [6.45, 7) is 8.37. The first-order chi connectivity index (χ1) is 5.17. The molecule has 0 aliphatic rings. The van der Waals surface area contributed by atoms with Gasteiger partial charge in [-0.05, 0) is 26.7 Å². The molecule has 0 rings (SSSR count). The highest BCUT2D eigenvalue weighted by molar-refractivity contribution is 5.48. The van der Waals surface area contributed by atoms with Crippen LogP contribution in [0.15, 0.2) is 0 Å². The Balaban J connectivity index is 4.03. The highest BCUT2D eigenvalue weighted by atomic mass is 16.1. The molecule has 0 spiro atoms. The topological polar surface area (TPSA) is 20.3 Å². The van der Waals surface area contributed by atoms with Gasteiger partial charge in [0, 0.05) is 12.1 Å². The minimum absolute atomic E-state index is 0.377. The zero-order valence-electron chi connectivity index (χ0n) is 8.00. The second kappa shape index (κ2) is 5.16. The van der Waals surface area contributed by atoms with Gasteiger partial charge < -0.3 is 4.90 Å². The lowest BCUT2D eigenvalue weighted by Crippen LogP contribution is -2.38. The zero-order valence-corrected chi connectivity index (χ0v) is 8.00. The van der Waals surface area contributed by atoms with Gasteiger partial charge in [-0.1, -0.05) is 13.8 Å². The Morgan fingerprint density at radius 3 is 1.73 bits per heavy atom. The van der Waals surface area contributed by atoms with Gasteiger partial charge in [0.2, 0.25) is 6.41 Å². The van der Waals surface area contributed by atoms with Gasteiger partial charge in [-0.2, -0.15) is 0 Å².